The first-order valence-electron chi connectivity index (χ1n) is 9.79. The standard InChI is InChI=1S/C21H16Cl3FN4O3S/c22-13-2-1-11(7-14(13)23)16-17(25)33-21(27-16)28-19(30)12-8-15(24)18(26-9-12)29-5-3-10(4-6-29)20(31)32/h1-2,7-10H,3-6H2,(H,31,32)(H,27,28,30). The molecular weight excluding hydrogens is 514 g/mol. The summed E-state index contributed by atoms with van der Waals surface area (Å²) < 4.78 is 14.4. The fourth-order valence-corrected chi connectivity index (χ4v) is 4.77. The number of anilines is 2. The van der Waals surface area contributed by atoms with Gasteiger partial charge in [0, 0.05) is 24.8 Å². The van der Waals surface area contributed by atoms with Gasteiger partial charge >= 0.3 is 5.97 Å². The minimum atomic E-state index is -0.804. The Balaban J connectivity index is 1.46. The lowest BCUT2D eigenvalue weighted by molar-refractivity contribution is -0.142. The summed E-state index contributed by atoms with van der Waals surface area (Å²) in [5.74, 6) is -1.24. The maximum absolute atomic E-state index is 14.4. The van der Waals surface area contributed by atoms with Crippen molar-refractivity contribution in [3.8, 4) is 11.3 Å². The molecule has 1 aliphatic rings. The number of hydrogen-bond donors (Lipinski definition) is 2. The van der Waals surface area contributed by atoms with E-state index in [4.69, 9.17) is 39.9 Å². The van der Waals surface area contributed by atoms with Gasteiger partial charge in [0.05, 0.1) is 26.5 Å². The lowest BCUT2D eigenvalue weighted by Gasteiger charge is -2.31. The largest absolute Gasteiger partial charge is 0.481 e. The van der Waals surface area contributed by atoms with Crippen molar-refractivity contribution in [3.63, 3.8) is 0 Å². The average molecular weight is 530 g/mol. The molecule has 12 heteroatoms. The normalized spacial score (nSPS) is 14.4. The van der Waals surface area contributed by atoms with Crippen molar-refractivity contribution < 1.29 is 19.1 Å². The van der Waals surface area contributed by atoms with E-state index in [2.05, 4.69) is 15.3 Å². The first-order chi connectivity index (χ1) is 15.7. The second-order valence-corrected chi connectivity index (χ2v) is 9.52. The molecule has 4 rings (SSSR count). The number of carbonyl (C=O) groups excluding carboxylic acids is 1. The molecule has 3 heterocycles. The second-order valence-electron chi connectivity index (χ2n) is 7.35. The zero-order chi connectivity index (χ0) is 23.7. The summed E-state index contributed by atoms with van der Waals surface area (Å²) in [5, 5.41) is 12.0. The van der Waals surface area contributed by atoms with Crippen molar-refractivity contribution in [1.29, 1.82) is 0 Å². The Morgan fingerprint density at radius 2 is 1.85 bits per heavy atom. The van der Waals surface area contributed by atoms with E-state index < -0.39 is 17.0 Å². The maximum atomic E-state index is 14.4. The number of aromatic nitrogens is 2. The average Bonchev–Trinajstić information content (AvgIpc) is 3.15. The quantitative estimate of drug-likeness (QED) is 0.430. The van der Waals surface area contributed by atoms with Gasteiger partial charge in [-0.05, 0) is 31.0 Å². The summed E-state index contributed by atoms with van der Waals surface area (Å²) in [5.41, 5.74) is 0.653. The molecular formula is C21H16Cl3FN4O3S. The molecule has 0 unspecified atom stereocenters. The van der Waals surface area contributed by atoms with Crippen LogP contribution in [0.4, 0.5) is 15.3 Å². The number of carbonyl (C=O) groups is 2. The summed E-state index contributed by atoms with van der Waals surface area (Å²) in [6.07, 6.45) is 2.35. The molecule has 33 heavy (non-hydrogen) atoms. The second kappa shape index (κ2) is 9.80. The maximum Gasteiger partial charge on any atom is 0.306 e. The topological polar surface area (TPSA) is 95.4 Å². The van der Waals surface area contributed by atoms with Gasteiger partial charge in [0.1, 0.15) is 11.5 Å². The van der Waals surface area contributed by atoms with Gasteiger partial charge in [-0.3, -0.25) is 14.9 Å². The zero-order valence-corrected chi connectivity index (χ0v) is 19.9. The minimum absolute atomic E-state index is 0.0464. The molecule has 0 aliphatic carbocycles. The highest BCUT2D eigenvalue weighted by Gasteiger charge is 2.26. The molecule has 1 amide bonds. The predicted molar refractivity (Wildman–Crippen MR) is 127 cm³/mol. The van der Waals surface area contributed by atoms with Gasteiger partial charge < -0.3 is 10.0 Å². The third-order valence-electron chi connectivity index (χ3n) is 5.23. The predicted octanol–water partition coefficient (Wildman–Crippen LogP) is 5.86. The molecule has 2 N–H and O–H groups in total. The number of carboxylic acid groups (broad SMARTS) is 1. The Hall–Kier alpha value is -2.46. The molecule has 0 saturated carbocycles. The van der Waals surface area contributed by atoms with Gasteiger partial charge in [0.15, 0.2) is 5.13 Å². The van der Waals surface area contributed by atoms with Crippen LogP contribution in [0.3, 0.4) is 0 Å². The highest BCUT2D eigenvalue weighted by Crippen LogP contribution is 2.34. The number of benzene rings is 1. The molecule has 1 aromatic carbocycles. The van der Waals surface area contributed by atoms with Gasteiger partial charge in [-0.15, -0.1) is 0 Å². The molecule has 7 nitrogen and oxygen atoms in total. The van der Waals surface area contributed by atoms with Crippen molar-refractivity contribution in [2.45, 2.75) is 12.8 Å². The lowest BCUT2D eigenvalue weighted by atomic mass is 9.97. The lowest BCUT2D eigenvalue weighted by Crippen LogP contribution is -2.37. The van der Waals surface area contributed by atoms with E-state index >= 15 is 0 Å². The number of pyridine rings is 1. The Bertz CT molecular complexity index is 1230. The van der Waals surface area contributed by atoms with E-state index in [-0.39, 0.29) is 32.4 Å². The summed E-state index contributed by atoms with van der Waals surface area (Å²) >= 11 is 18.9. The number of nitrogens with one attached hydrogen (secondary N) is 1. The minimum Gasteiger partial charge on any atom is -0.481 e. The summed E-state index contributed by atoms with van der Waals surface area (Å²) in [6, 6.07) is 6.08. The monoisotopic (exact) mass is 528 g/mol. The van der Waals surface area contributed by atoms with E-state index in [0.29, 0.717) is 53.7 Å². The molecule has 2 aromatic heterocycles. The van der Waals surface area contributed by atoms with Crippen LogP contribution in [0, 0.1) is 11.0 Å². The third-order valence-corrected chi connectivity index (χ3v) is 7.00. The van der Waals surface area contributed by atoms with Crippen LogP contribution in [0.25, 0.3) is 11.3 Å². The Morgan fingerprint density at radius 3 is 2.48 bits per heavy atom. The van der Waals surface area contributed by atoms with E-state index in [9.17, 15) is 14.0 Å². The first-order valence-corrected chi connectivity index (χ1v) is 11.7. The van der Waals surface area contributed by atoms with Gasteiger partial charge in [0.25, 0.3) is 5.91 Å². The molecule has 1 saturated heterocycles. The molecule has 0 spiro atoms. The van der Waals surface area contributed by atoms with Crippen molar-refractivity contribution in [2.24, 2.45) is 5.92 Å². The van der Waals surface area contributed by atoms with Crippen molar-refractivity contribution in [2.75, 3.05) is 23.3 Å². The van der Waals surface area contributed by atoms with Crippen molar-refractivity contribution >= 4 is 69.0 Å². The van der Waals surface area contributed by atoms with Crippen LogP contribution in [0.5, 0.6) is 0 Å². The van der Waals surface area contributed by atoms with Crippen molar-refractivity contribution in [3.05, 3.63) is 56.2 Å². The third kappa shape index (κ3) is 5.22. The number of nitrogens with zero attached hydrogens (tertiary/aromatic N) is 3. The fraction of sp³-hybridized carbons (Fsp3) is 0.238. The van der Waals surface area contributed by atoms with Crippen molar-refractivity contribution in [1.82, 2.24) is 9.97 Å². The van der Waals surface area contributed by atoms with E-state index in [0.717, 1.165) is 0 Å². The van der Waals surface area contributed by atoms with E-state index in [1.165, 1.54) is 24.4 Å². The summed E-state index contributed by atoms with van der Waals surface area (Å²) in [7, 11) is 0. The highest BCUT2D eigenvalue weighted by molar-refractivity contribution is 7.14. The number of hydrogen-bond acceptors (Lipinski definition) is 6. The van der Waals surface area contributed by atoms with Crippen LogP contribution >= 0.6 is 46.1 Å². The SMILES string of the molecule is O=C(Nc1nc(-c2ccc(Cl)c(Cl)c2)c(F)s1)c1cnc(N2CCC(C(=O)O)CC2)c(Cl)c1. The smallest absolute Gasteiger partial charge is 0.306 e. The summed E-state index contributed by atoms with van der Waals surface area (Å²) in [6.45, 7) is 1.01. The number of halogens is 4. The van der Waals surface area contributed by atoms with Crippen LogP contribution in [0.2, 0.25) is 15.1 Å². The van der Waals surface area contributed by atoms with Gasteiger partial charge in [-0.25, -0.2) is 9.97 Å². The van der Waals surface area contributed by atoms with E-state index in [1.807, 2.05) is 4.90 Å². The Labute approximate surface area is 207 Å². The number of carboxylic acids is 1. The Morgan fingerprint density at radius 1 is 1.12 bits per heavy atom. The van der Waals surface area contributed by atoms with Crippen LogP contribution in [-0.2, 0) is 4.79 Å². The molecule has 0 atom stereocenters. The van der Waals surface area contributed by atoms with Crippen LogP contribution in [0.1, 0.15) is 23.2 Å². The van der Waals surface area contributed by atoms with Gasteiger partial charge in [-0.2, -0.15) is 4.39 Å². The summed E-state index contributed by atoms with van der Waals surface area (Å²) in [4.78, 5) is 34.1. The number of rotatable bonds is 5. The van der Waals surface area contributed by atoms with E-state index in [1.54, 1.807) is 6.07 Å². The first kappa shape index (κ1) is 23.7. The fourth-order valence-electron chi connectivity index (χ4n) is 3.47. The Kier molecular flexibility index (Phi) is 7.04. The molecule has 0 bridgehead atoms. The molecule has 0 radical (unpaired) electrons. The highest BCUT2D eigenvalue weighted by atomic mass is 35.5. The van der Waals surface area contributed by atoms with Crippen LogP contribution in [-0.4, -0.2) is 40.0 Å². The molecule has 1 aliphatic heterocycles. The number of aliphatic carboxylic acids is 1. The zero-order valence-electron chi connectivity index (χ0n) is 16.8. The molecule has 1 fully saturated rings. The number of amides is 1. The van der Waals surface area contributed by atoms with Crippen LogP contribution < -0.4 is 10.2 Å². The number of piperidine rings is 1. The van der Waals surface area contributed by atoms with Gasteiger partial charge in [0.2, 0.25) is 5.13 Å². The van der Waals surface area contributed by atoms with Crippen LogP contribution in [0.15, 0.2) is 30.5 Å². The number of thiazole rings is 1. The molecule has 172 valence electrons. The van der Waals surface area contributed by atoms with Gasteiger partial charge in [-0.1, -0.05) is 52.2 Å². The molecule has 3 aromatic rings.